The zero-order valence-electron chi connectivity index (χ0n) is 34.1. The summed E-state index contributed by atoms with van der Waals surface area (Å²) in [5, 5.41) is 0. The highest BCUT2D eigenvalue weighted by molar-refractivity contribution is 5.70. The first-order valence-corrected chi connectivity index (χ1v) is 21.5. The molecule has 0 radical (unpaired) electrons. The Labute approximate surface area is 321 Å². The number of carbonyl (C=O) groups is 2. The Morgan fingerprint density at radius 2 is 0.885 bits per heavy atom. The summed E-state index contributed by atoms with van der Waals surface area (Å²) in [6.45, 7) is 7.52. The lowest BCUT2D eigenvalue weighted by Gasteiger charge is -2.18. The van der Waals surface area contributed by atoms with Gasteiger partial charge in [0.2, 0.25) is 0 Å². The van der Waals surface area contributed by atoms with E-state index in [1.54, 1.807) is 0 Å². The predicted octanol–water partition coefficient (Wildman–Crippen LogP) is 14.0. The van der Waals surface area contributed by atoms with Gasteiger partial charge in [0, 0.05) is 19.4 Å². The highest BCUT2D eigenvalue weighted by atomic mass is 16.6. The van der Waals surface area contributed by atoms with E-state index in [-0.39, 0.29) is 25.2 Å². The van der Waals surface area contributed by atoms with Crippen molar-refractivity contribution in [1.82, 2.24) is 0 Å². The summed E-state index contributed by atoms with van der Waals surface area (Å²) in [7, 11) is 0. The number of hydrogen-bond donors (Lipinski definition) is 0. The van der Waals surface area contributed by atoms with E-state index in [1.165, 1.54) is 57.8 Å². The molecule has 0 aromatic rings. The standard InChI is InChI=1S/C47H80O5/c1-4-7-10-13-15-17-19-20-21-22-23-24-25-26-27-29-31-33-36-39-42-50-43-45(52-47(49)41-38-34-12-9-6-3)44-51-46(48)40-37-35-32-30-28-18-16-14-11-8-5-2/h7,10,14-17,20-21,23-24,26-27,45H,4-6,8-9,11-13,18-19,22,25,28-44H2,1-3H3/b10-7-,16-14-,17-15-,21-20-,24-23-,27-26-. The second kappa shape index (κ2) is 42.8. The number of ether oxygens (including phenoxy) is 3. The molecule has 0 aromatic carbocycles. The third-order valence-corrected chi connectivity index (χ3v) is 8.73. The molecule has 0 aliphatic carbocycles. The molecule has 298 valence electrons. The van der Waals surface area contributed by atoms with Crippen molar-refractivity contribution in [3.63, 3.8) is 0 Å². The molecule has 5 nitrogen and oxygen atoms in total. The van der Waals surface area contributed by atoms with E-state index >= 15 is 0 Å². The van der Waals surface area contributed by atoms with Crippen LogP contribution in [0.2, 0.25) is 0 Å². The zero-order valence-corrected chi connectivity index (χ0v) is 34.1. The van der Waals surface area contributed by atoms with Crippen LogP contribution in [0.1, 0.15) is 188 Å². The Morgan fingerprint density at radius 3 is 1.46 bits per heavy atom. The molecule has 0 aliphatic rings. The van der Waals surface area contributed by atoms with Gasteiger partial charge in [-0.3, -0.25) is 9.59 Å². The number of allylic oxidation sites excluding steroid dienone is 12. The largest absolute Gasteiger partial charge is 0.462 e. The van der Waals surface area contributed by atoms with Crippen LogP contribution in [-0.4, -0.2) is 37.9 Å². The number of hydrogen-bond acceptors (Lipinski definition) is 5. The van der Waals surface area contributed by atoms with Gasteiger partial charge in [-0.05, 0) is 83.5 Å². The van der Waals surface area contributed by atoms with Gasteiger partial charge in [0.1, 0.15) is 6.61 Å². The molecule has 0 bridgehead atoms. The molecule has 0 aliphatic heterocycles. The maximum absolute atomic E-state index is 12.5. The third kappa shape index (κ3) is 40.1. The summed E-state index contributed by atoms with van der Waals surface area (Å²) >= 11 is 0. The summed E-state index contributed by atoms with van der Waals surface area (Å²) in [5.74, 6) is -0.441. The minimum absolute atomic E-state index is 0.0675. The van der Waals surface area contributed by atoms with Crippen LogP contribution in [0.25, 0.3) is 0 Å². The molecular weight excluding hydrogens is 645 g/mol. The van der Waals surface area contributed by atoms with E-state index in [9.17, 15) is 9.59 Å². The van der Waals surface area contributed by atoms with Crippen molar-refractivity contribution in [2.75, 3.05) is 19.8 Å². The van der Waals surface area contributed by atoms with Crippen LogP contribution in [0.15, 0.2) is 72.9 Å². The molecule has 0 saturated heterocycles. The van der Waals surface area contributed by atoms with Gasteiger partial charge in [-0.25, -0.2) is 0 Å². The molecule has 0 amide bonds. The van der Waals surface area contributed by atoms with Gasteiger partial charge in [-0.1, -0.05) is 164 Å². The number of rotatable bonds is 38. The monoisotopic (exact) mass is 725 g/mol. The molecule has 0 saturated carbocycles. The van der Waals surface area contributed by atoms with Crippen LogP contribution >= 0.6 is 0 Å². The fourth-order valence-electron chi connectivity index (χ4n) is 5.51. The van der Waals surface area contributed by atoms with Crippen molar-refractivity contribution >= 4 is 11.9 Å². The zero-order chi connectivity index (χ0) is 37.8. The molecule has 0 heterocycles. The first-order valence-electron chi connectivity index (χ1n) is 21.5. The Balaban J connectivity index is 4.14. The maximum Gasteiger partial charge on any atom is 0.306 e. The summed E-state index contributed by atoms with van der Waals surface area (Å²) < 4.78 is 17.1. The van der Waals surface area contributed by atoms with Gasteiger partial charge in [-0.2, -0.15) is 0 Å². The molecule has 1 atom stereocenters. The Hall–Kier alpha value is -2.66. The molecule has 0 N–H and O–H groups in total. The average molecular weight is 725 g/mol. The first kappa shape index (κ1) is 49.3. The summed E-state index contributed by atoms with van der Waals surface area (Å²) in [4.78, 5) is 24.9. The van der Waals surface area contributed by atoms with E-state index in [4.69, 9.17) is 14.2 Å². The van der Waals surface area contributed by atoms with Crippen LogP contribution in [0, 0.1) is 0 Å². The second-order valence-corrected chi connectivity index (χ2v) is 13.9. The van der Waals surface area contributed by atoms with E-state index in [0.29, 0.717) is 19.4 Å². The topological polar surface area (TPSA) is 61.8 Å². The minimum Gasteiger partial charge on any atom is -0.462 e. The highest BCUT2D eigenvalue weighted by Crippen LogP contribution is 2.11. The summed E-state index contributed by atoms with van der Waals surface area (Å²) in [6.07, 6.45) is 53.6. The van der Waals surface area contributed by atoms with Gasteiger partial charge in [0.05, 0.1) is 6.61 Å². The molecular formula is C47H80O5. The number of carbonyl (C=O) groups excluding carboxylic acids is 2. The van der Waals surface area contributed by atoms with Crippen LogP contribution < -0.4 is 0 Å². The Kier molecular flexibility index (Phi) is 40.6. The molecule has 52 heavy (non-hydrogen) atoms. The quantitative estimate of drug-likeness (QED) is 0.0360. The normalized spacial score (nSPS) is 12.9. The van der Waals surface area contributed by atoms with Crippen molar-refractivity contribution in [3.8, 4) is 0 Å². The molecule has 0 rings (SSSR count). The van der Waals surface area contributed by atoms with E-state index in [1.807, 2.05) is 0 Å². The van der Waals surface area contributed by atoms with Crippen molar-refractivity contribution in [2.24, 2.45) is 0 Å². The lowest BCUT2D eigenvalue weighted by Crippen LogP contribution is -2.30. The predicted molar refractivity (Wildman–Crippen MR) is 224 cm³/mol. The Bertz CT molecular complexity index is 957. The molecule has 0 aromatic heterocycles. The second-order valence-electron chi connectivity index (χ2n) is 13.9. The van der Waals surface area contributed by atoms with E-state index in [0.717, 1.165) is 96.3 Å². The van der Waals surface area contributed by atoms with Crippen LogP contribution in [0.3, 0.4) is 0 Å². The van der Waals surface area contributed by atoms with Gasteiger partial charge in [0.25, 0.3) is 0 Å². The first-order chi connectivity index (χ1) is 25.6. The average Bonchev–Trinajstić information content (AvgIpc) is 3.14. The van der Waals surface area contributed by atoms with Crippen LogP contribution in [0.4, 0.5) is 0 Å². The lowest BCUT2D eigenvalue weighted by molar-refractivity contribution is -0.163. The van der Waals surface area contributed by atoms with Crippen molar-refractivity contribution in [3.05, 3.63) is 72.9 Å². The smallest absolute Gasteiger partial charge is 0.306 e. The number of unbranched alkanes of at least 4 members (excludes halogenated alkanes) is 15. The molecule has 1 unspecified atom stereocenters. The molecule has 5 heteroatoms. The summed E-state index contributed by atoms with van der Waals surface area (Å²) in [6, 6.07) is 0. The van der Waals surface area contributed by atoms with Crippen molar-refractivity contribution in [1.29, 1.82) is 0 Å². The van der Waals surface area contributed by atoms with Crippen LogP contribution in [-0.2, 0) is 23.8 Å². The highest BCUT2D eigenvalue weighted by Gasteiger charge is 2.17. The minimum atomic E-state index is -0.548. The van der Waals surface area contributed by atoms with Crippen molar-refractivity contribution < 1.29 is 23.8 Å². The molecule has 0 spiro atoms. The van der Waals surface area contributed by atoms with E-state index in [2.05, 4.69) is 93.7 Å². The number of esters is 2. The van der Waals surface area contributed by atoms with Crippen molar-refractivity contribution in [2.45, 2.75) is 194 Å². The van der Waals surface area contributed by atoms with Gasteiger partial charge in [0.15, 0.2) is 6.10 Å². The summed E-state index contributed by atoms with van der Waals surface area (Å²) in [5.41, 5.74) is 0. The van der Waals surface area contributed by atoms with Gasteiger partial charge < -0.3 is 14.2 Å². The Morgan fingerprint density at radius 1 is 0.442 bits per heavy atom. The lowest BCUT2D eigenvalue weighted by atomic mass is 10.1. The SMILES string of the molecule is CC/C=C\C/C=C\C/C=C\C/C=C\C/C=C\CCCCCCOCC(COC(=O)CCCCCCC/C=C\CCCC)OC(=O)CCCCCCC. The van der Waals surface area contributed by atoms with Gasteiger partial charge >= 0.3 is 11.9 Å². The van der Waals surface area contributed by atoms with E-state index < -0.39 is 6.10 Å². The third-order valence-electron chi connectivity index (χ3n) is 8.73. The van der Waals surface area contributed by atoms with Gasteiger partial charge in [-0.15, -0.1) is 0 Å². The molecule has 0 fully saturated rings. The fraction of sp³-hybridized carbons (Fsp3) is 0.702. The maximum atomic E-state index is 12.5. The van der Waals surface area contributed by atoms with Crippen LogP contribution in [0.5, 0.6) is 0 Å². The fourth-order valence-corrected chi connectivity index (χ4v) is 5.51.